The van der Waals surface area contributed by atoms with Crippen LogP contribution in [0.4, 0.5) is 0 Å². The second kappa shape index (κ2) is 9.61. The molecule has 164 valence electrons. The fraction of sp³-hybridized carbons (Fsp3) is 0.259. The summed E-state index contributed by atoms with van der Waals surface area (Å²) >= 11 is 1.63. The molecule has 4 nitrogen and oxygen atoms in total. The molecule has 0 saturated carbocycles. The normalized spacial score (nSPS) is 16.8. The number of carbonyl (C=O) groups is 2. The lowest BCUT2D eigenvalue weighted by atomic mass is 10.00. The van der Waals surface area contributed by atoms with Gasteiger partial charge in [0.1, 0.15) is 5.37 Å². The molecule has 1 fully saturated rings. The molecule has 3 aromatic carbocycles. The van der Waals surface area contributed by atoms with Gasteiger partial charge >= 0.3 is 0 Å². The van der Waals surface area contributed by atoms with Gasteiger partial charge in [-0.15, -0.1) is 11.8 Å². The molecule has 4 rings (SSSR count). The van der Waals surface area contributed by atoms with Crippen molar-refractivity contribution in [3.63, 3.8) is 0 Å². The van der Waals surface area contributed by atoms with E-state index in [1.165, 1.54) is 11.1 Å². The van der Waals surface area contributed by atoms with Gasteiger partial charge in [-0.25, -0.2) is 0 Å². The van der Waals surface area contributed by atoms with Crippen LogP contribution in [0.15, 0.2) is 72.8 Å². The predicted octanol–water partition coefficient (Wildman–Crippen LogP) is 5.57. The number of hydrogen-bond acceptors (Lipinski definition) is 3. The first-order valence-electron chi connectivity index (χ1n) is 10.9. The molecule has 3 aromatic rings. The van der Waals surface area contributed by atoms with E-state index in [-0.39, 0.29) is 23.2 Å². The van der Waals surface area contributed by atoms with Crippen LogP contribution >= 0.6 is 11.8 Å². The largest absolute Gasteiger partial charge is 0.346 e. The Morgan fingerprint density at radius 1 is 1.06 bits per heavy atom. The van der Waals surface area contributed by atoms with Gasteiger partial charge in [-0.05, 0) is 55.2 Å². The summed E-state index contributed by atoms with van der Waals surface area (Å²) < 4.78 is 0. The Bertz CT molecular complexity index is 1110. The van der Waals surface area contributed by atoms with Gasteiger partial charge in [-0.3, -0.25) is 9.59 Å². The quantitative estimate of drug-likeness (QED) is 0.541. The number of hydrogen-bond donors (Lipinski definition) is 1. The summed E-state index contributed by atoms with van der Waals surface area (Å²) in [5.41, 5.74) is 6.28. The van der Waals surface area contributed by atoms with Crippen LogP contribution in [0, 0.1) is 13.8 Å². The van der Waals surface area contributed by atoms with Crippen LogP contribution in [0.1, 0.15) is 56.5 Å². The SMILES string of the molecule is Cc1ccc([C@H](C)NC(=O)c2ccc([C@H]3SCC(=O)N3Cc3ccccc3)cc2)c(C)c1. The Morgan fingerprint density at radius 3 is 2.47 bits per heavy atom. The summed E-state index contributed by atoms with van der Waals surface area (Å²) in [4.78, 5) is 27.2. The van der Waals surface area contributed by atoms with Gasteiger partial charge in [0.25, 0.3) is 5.91 Å². The molecule has 2 atom stereocenters. The van der Waals surface area contributed by atoms with E-state index in [2.05, 4.69) is 37.4 Å². The van der Waals surface area contributed by atoms with E-state index in [4.69, 9.17) is 0 Å². The first-order chi connectivity index (χ1) is 15.4. The smallest absolute Gasteiger partial charge is 0.251 e. The summed E-state index contributed by atoms with van der Waals surface area (Å²) in [6.07, 6.45) is 0. The molecule has 1 aliphatic heterocycles. The summed E-state index contributed by atoms with van der Waals surface area (Å²) in [5.74, 6) is 0.529. The Hall–Kier alpha value is -3.05. The van der Waals surface area contributed by atoms with Gasteiger partial charge in [-0.2, -0.15) is 0 Å². The molecule has 1 aliphatic rings. The van der Waals surface area contributed by atoms with E-state index in [1.54, 1.807) is 11.8 Å². The van der Waals surface area contributed by atoms with Crippen molar-refractivity contribution < 1.29 is 9.59 Å². The van der Waals surface area contributed by atoms with Crippen LogP contribution in [0.2, 0.25) is 0 Å². The minimum absolute atomic E-state index is 0.0334. The lowest BCUT2D eigenvalue weighted by Crippen LogP contribution is -2.28. The lowest BCUT2D eigenvalue weighted by Gasteiger charge is -2.24. The van der Waals surface area contributed by atoms with Gasteiger partial charge in [0.2, 0.25) is 5.91 Å². The maximum Gasteiger partial charge on any atom is 0.251 e. The van der Waals surface area contributed by atoms with E-state index < -0.39 is 0 Å². The number of nitrogens with zero attached hydrogens (tertiary/aromatic N) is 1. The highest BCUT2D eigenvalue weighted by Gasteiger charge is 2.32. The maximum atomic E-state index is 12.8. The molecule has 32 heavy (non-hydrogen) atoms. The number of carbonyl (C=O) groups excluding carboxylic acids is 2. The Kier molecular flexibility index (Phi) is 6.66. The van der Waals surface area contributed by atoms with Gasteiger partial charge in [-0.1, -0.05) is 66.2 Å². The minimum atomic E-state index is -0.0969. The zero-order valence-corrected chi connectivity index (χ0v) is 19.5. The number of amides is 2. The summed E-state index contributed by atoms with van der Waals surface area (Å²) in [6, 6.07) is 23.9. The zero-order chi connectivity index (χ0) is 22.7. The van der Waals surface area contributed by atoms with Crippen molar-refractivity contribution in [3.05, 3.63) is 106 Å². The van der Waals surface area contributed by atoms with Crippen LogP contribution < -0.4 is 5.32 Å². The van der Waals surface area contributed by atoms with Crippen molar-refractivity contribution in [2.75, 3.05) is 5.75 Å². The lowest BCUT2D eigenvalue weighted by molar-refractivity contribution is -0.128. The molecule has 1 saturated heterocycles. The van der Waals surface area contributed by atoms with Crippen LogP contribution in [0.25, 0.3) is 0 Å². The average Bonchev–Trinajstić information content (AvgIpc) is 3.14. The van der Waals surface area contributed by atoms with E-state index in [0.717, 1.165) is 16.7 Å². The van der Waals surface area contributed by atoms with Crippen molar-refractivity contribution in [1.82, 2.24) is 10.2 Å². The third-order valence-electron chi connectivity index (χ3n) is 5.86. The Balaban J connectivity index is 1.45. The highest BCUT2D eigenvalue weighted by atomic mass is 32.2. The van der Waals surface area contributed by atoms with Crippen molar-refractivity contribution in [3.8, 4) is 0 Å². The van der Waals surface area contributed by atoms with Crippen LogP contribution in [-0.2, 0) is 11.3 Å². The van der Waals surface area contributed by atoms with E-state index >= 15 is 0 Å². The second-order valence-electron chi connectivity index (χ2n) is 8.35. The summed E-state index contributed by atoms with van der Waals surface area (Å²) in [6.45, 7) is 6.74. The summed E-state index contributed by atoms with van der Waals surface area (Å²) in [5, 5.41) is 3.07. The first-order valence-corrected chi connectivity index (χ1v) is 11.9. The average molecular weight is 445 g/mol. The van der Waals surface area contributed by atoms with Crippen LogP contribution in [-0.4, -0.2) is 22.5 Å². The number of rotatable bonds is 6. The Morgan fingerprint density at radius 2 is 1.78 bits per heavy atom. The predicted molar refractivity (Wildman–Crippen MR) is 130 cm³/mol. The number of thioether (sulfide) groups is 1. The highest BCUT2D eigenvalue weighted by molar-refractivity contribution is 8.00. The fourth-order valence-electron chi connectivity index (χ4n) is 4.15. The monoisotopic (exact) mass is 444 g/mol. The van der Waals surface area contributed by atoms with E-state index in [9.17, 15) is 9.59 Å². The van der Waals surface area contributed by atoms with E-state index in [1.807, 2.05) is 66.4 Å². The first kappa shape index (κ1) is 22.2. The van der Waals surface area contributed by atoms with Gasteiger partial charge in [0, 0.05) is 12.1 Å². The topological polar surface area (TPSA) is 49.4 Å². The Labute approximate surface area is 194 Å². The number of benzene rings is 3. The third-order valence-corrected chi connectivity index (χ3v) is 7.12. The standard InChI is InChI=1S/C27H28N2O2S/c1-18-9-14-24(19(2)15-18)20(3)28-26(31)22-10-12-23(13-11-22)27-29(25(30)17-32-27)16-21-7-5-4-6-8-21/h4-15,20,27H,16-17H2,1-3H3,(H,28,31)/t20-,27+/m0/s1. The summed E-state index contributed by atoms with van der Waals surface area (Å²) in [7, 11) is 0. The van der Waals surface area contributed by atoms with Crippen molar-refractivity contribution in [2.45, 2.75) is 38.7 Å². The van der Waals surface area contributed by atoms with Crippen molar-refractivity contribution >= 4 is 23.6 Å². The molecule has 5 heteroatoms. The molecule has 0 aromatic heterocycles. The fourth-order valence-corrected chi connectivity index (χ4v) is 5.34. The van der Waals surface area contributed by atoms with Crippen LogP contribution in [0.3, 0.4) is 0 Å². The molecule has 1 N–H and O–H groups in total. The van der Waals surface area contributed by atoms with Crippen LogP contribution in [0.5, 0.6) is 0 Å². The van der Waals surface area contributed by atoms with Crippen molar-refractivity contribution in [1.29, 1.82) is 0 Å². The molecule has 2 amide bonds. The third kappa shape index (κ3) is 4.89. The molecule has 0 aliphatic carbocycles. The second-order valence-corrected chi connectivity index (χ2v) is 9.42. The molecule has 0 radical (unpaired) electrons. The van der Waals surface area contributed by atoms with Gasteiger partial charge in [0.05, 0.1) is 11.8 Å². The molecule has 0 spiro atoms. The number of nitrogens with one attached hydrogen (secondary N) is 1. The zero-order valence-electron chi connectivity index (χ0n) is 18.7. The maximum absolute atomic E-state index is 12.8. The van der Waals surface area contributed by atoms with Crippen molar-refractivity contribution in [2.24, 2.45) is 0 Å². The molecule has 1 heterocycles. The molecular weight excluding hydrogens is 416 g/mol. The molecular formula is C27H28N2O2S. The molecule has 0 bridgehead atoms. The van der Waals surface area contributed by atoms with Gasteiger partial charge < -0.3 is 10.2 Å². The van der Waals surface area contributed by atoms with E-state index in [0.29, 0.717) is 17.9 Å². The minimum Gasteiger partial charge on any atom is -0.346 e. The van der Waals surface area contributed by atoms with Gasteiger partial charge in [0.15, 0.2) is 0 Å². The molecule has 0 unspecified atom stereocenters. The number of aryl methyl sites for hydroxylation is 2. The highest BCUT2D eigenvalue weighted by Crippen LogP contribution is 2.39.